The van der Waals surface area contributed by atoms with E-state index in [1.807, 2.05) is 0 Å². The first kappa shape index (κ1) is 23.7. The van der Waals surface area contributed by atoms with Gasteiger partial charge in [-0.25, -0.2) is 0 Å². The minimum absolute atomic E-state index is 0.0199. The van der Waals surface area contributed by atoms with E-state index in [0.29, 0.717) is 32.7 Å². The Morgan fingerprint density at radius 1 is 1.06 bits per heavy atom. The molecule has 0 bridgehead atoms. The Morgan fingerprint density at radius 2 is 1.75 bits per heavy atom. The third-order valence-electron chi connectivity index (χ3n) is 5.47. The third kappa shape index (κ3) is 5.00. The van der Waals surface area contributed by atoms with E-state index in [1.54, 1.807) is 54.6 Å². The number of halogens is 1. The largest absolute Gasteiger partial charge is 0.489 e. The molecule has 2 heterocycles. The van der Waals surface area contributed by atoms with Crippen molar-refractivity contribution in [2.24, 2.45) is 0 Å². The first-order valence-electron chi connectivity index (χ1n) is 10.7. The number of non-ortho nitro benzene ring substituents is 1. The molecule has 3 aromatic carbocycles. The van der Waals surface area contributed by atoms with Crippen LogP contribution in [0, 0.1) is 10.1 Å². The molecule has 2 aliphatic rings. The molecule has 0 unspecified atom stereocenters. The molecule has 0 spiro atoms. The number of imide groups is 1. The van der Waals surface area contributed by atoms with Crippen LogP contribution in [-0.4, -0.2) is 27.8 Å². The van der Waals surface area contributed by atoms with Crippen molar-refractivity contribution >= 4 is 46.3 Å². The molecule has 2 amide bonds. The summed E-state index contributed by atoms with van der Waals surface area (Å²) in [5, 5.41) is 10.7. The van der Waals surface area contributed by atoms with E-state index in [1.165, 1.54) is 12.1 Å². The van der Waals surface area contributed by atoms with Gasteiger partial charge < -0.3 is 14.2 Å². The molecule has 1 fully saturated rings. The molecule has 182 valence electrons. The summed E-state index contributed by atoms with van der Waals surface area (Å²) in [5.41, 5.74) is 2.12. The Labute approximate surface area is 214 Å². The van der Waals surface area contributed by atoms with Gasteiger partial charge in [0.15, 0.2) is 11.5 Å². The van der Waals surface area contributed by atoms with E-state index in [0.717, 1.165) is 27.8 Å². The SMILES string of the molecule is O=C1S/C(=C\c2ccc(OCc3ccc([N+](=O)[O-])cc3)cc2)C(=O)N1Cc1cc2c(cc1Cl)OCO2. The van der Waals surface area contributed by atoms with Crippen molar-refractivity contribution in [1.82, 2.24) is 4.90 Å². The number of nitrogens with zero attached hydrogens (tertiary/aromatic N) is 2. The first-order valence-corrected chi connectivity index (χ1v) is 11.9. The predicted octanol–water partition coefficient (Wildman–Crippen LogP) is 5.79. The van der Waals surface area contributed by atoms with E-state index < -0.39 is 10.8 Å². The Hall–Kier alpha value is -4.02. The number of rotatable bonds is 7. The van der Waals surface area contributed by atoms with Crippen molar-refractivity contribution in [3.63, 3.8) is 0 Å². The van der Waals surface area contributed by atoms with Crippen LogP contribution in [0.15, 0.2) is 65.6 Å². The van der Waals surface area contributed by atoms with Crippen LogP contribution in [0.2, 0.25) is 5.02 Å². The summed E-state index contributed by atoms with van der Waals surface area (Å²) in [7, 11) is 0. The second-order valence-electron chi connectivity index (χ2n) is 7.85. The molecule has 36 heavy (non-hydrogen) atoms. The zero-order valence-corrected chi connectivity index (χ0v) is 20.1. The highest BCUT2D eigenvalue weighted by Gasteiger charge is 2.35. The van der Waals surface area contributed by atoms with Gasteiger partial charge in [0.2, 0.25) is 6.79 Å². The zero-order chi connectivity index (χ0) is 25.2. The molecule has 11 heteroatoms. The quantitative estimate of drug-likeness (QED) is 0.217. The van der Waals surface area contributed by atoms with Crippen molar-refractivity contribution in [3.8, 4) is 17.2 Å². The summed E-state index contributed by atoms with van der Waals surface area (Å²) in [6, 6.07) is 16.4. The van der Waals surface area contributed by atoms with Crippen molar-refractivity contribution in [3.05, 3.63) is 97.4 Å². The van der Waals surface area contributed by atoms with Crippen LogP contribution in [-0.2, 0) is 17.9 Å². The predicted molar refractivity (Wildman–Crippen MR) is 133 cm³/mol. The van der Waals surface area contributed by atoms with Gasteiger partial charge in [0, 0.05) is 23.2 Å². The van der Waals surface area contributed by atoms with E-state index in [2.05, 4.69) is 0 Å². The van der Waals surface area contributed by atoms with E-state index in [-0.39, 0.29) is 30.9 Å². The van der Waals surface area contributed by atoms with Gasteiger partial charge in [0.05, 0.1) is 16.4 Å². The molecule has 9 nitrogen and oxygen atoms in total. The van der Waals surface area contributed by atoms with Crippen molar-refractivity contribution in [2.45, 2.75) is 13.2 Å². The molecule has 0 aromatic heterocycles. The summed E-state index contributed by atoms with van der Waals surface area (Å²) in [5.74, 6) is 1.24. The maximum absolute atomic E-state index is 12.9. The van der Waals surface area contributed by atoms with E-state index in [4.69, 9.17) is 25.8 Å². The van der Waals surface area contributed by atoms with Crippen molar-refractivity contribution in [1.29, 1.82) is 0 Å². The minimum atomic E-state index is -0.454. The van der Waals surface area contributed by atoms with Gasteiger partial charge >= 0.3 is 0 Å². The summed E-state index contributed by atoms with van der Waals surface area (Å²) in [6.07, 6.45) is 1.65. The molecule has 2 aliphatic heterocycles. The number of amides is 2. The maximum atomic E-state index is 12.9. The fourth-order valence-corrected chi connectivity index (χ4v) is 4.63. The molecular formula is C25H17ClN2O7S. The van der Waals surface area contributed by atoms with Crippen LogP contribution in [0.25, 0.3) is 6.08 Å². The van der Waals surface area contributed by atoms with E-state index in [9.17, 15) is 19.7 Å². The first-order chi connectivity index (χ1) is 17.4. The molecule has 0 N–H and O–H groups in total. The van der Waals surface area contributed by atoms with Gasteiger partial charge in [-0.3, -0.25) is 24.6 Å². The highest BCUT2D eigenvalue weighted by Crippen LogP contribution is 2.39. The number of fused-ring (bicyclic) bond motifs is 1. The number of hydrogen-bond donors (Lipinski definition) is 0. The van der Waals surface area contributed by atoms with Crippen molar-refractivity contribution < 1.29 is 28.7 Å². The summed E-state index contributed by atoms with van der Waals surface area (Å²) < 4.78 is 16.4. The van der Waals surface area contributed by atoms with Crippen LogP contribution in [0.5, 0.6) is 17.2 Å². The van der Waals surface area contributed by atoms with Crippen LogP contribution in [0.1, 0.15) is 16.7 Å². The summed E-state index contributed by atoms with van der Waals surface area (Å²) >= 11 is 7.16. The Bertz CT molecular complexity index is 1390. The molecule has 0 atom stereocenters. The average Bonchev–Trinajstić information content (AvgIpc) is 3.43. The number of thioether (sulfide) groups is 1. The molecule has 5 rings (SSSR count). The second-order valence-corrected chi connectivity index (χ2v) is 9.25. The molecule has 1 saturated heterocycles. The Morgan fingerprint density at radius 3 is 2.44 bits per heavy atom. The number of nitro benzene ring substituents is 1. The van der Waals surface area contributed by atoms with Crippen LogP contribution >= 0.6 is 23.4 Å². The third-order valence-corrected chi connectivity index (χ3v) is 6.73. The summed E-state index contributed by atoms with van der Waals surface area (Å²) in [6.45, 7) is 0.367. The molecule has 0 aliphatic carbocycles. The van der Waals surface area contributed by atoms with Crippen molar-refractivity contribution in [2.75, 3.05) is 6.79 Å². The molecule has 0 saturated carbocycles. The lowest BCUT2D eigenvalue weighted by molar-refractivity contribution is -0.384. The Kier molecular flexibility index (Phi) is 6.53. The molecule has 0 radical (unpaired) electrons. The zero-order valence-electron chi connectivity index (χ0n) is 18.5. The van der Waals surface area contributed by atoms with Gasteiger partial charge in [-0.1, -0.05) is 23.7 Å². The van der Waals surface area contributed by atoms with Crippen LogP contribution < -0.4 is 14.2 Å². The Balaban J connectivity index is 1.23. The number of carbonyl (C=O) groups is 2. The highest BCUT2D eigenvalue weighted by atomic mass is 35.5. The lowest BCUT2D eigenvalue weighted by Crippen LogP contribution is -2.27. The smallest absolute Gasteiger partial charge is 0.293 e. The summed E-state index contributed by atoms with van der Waals surface area (Å²) in [4.78, 5) is 37.2. The number of ether oxygens (including phenoxy) is 3. The monoisotopic (exact) mass is 524 g/mol. The maximum Gasteiger partial charge on any atom is 0.293 e. The molecular weight excluding hydrogens is 508 g/mol. The topological polar surface area (TPSA) is 108 Å². The fourth-order valence-electron chi connectivity index (χ4n) is 3.58. The fraction of sp³-hybridized carbons (Fsp3) is 0.120. The lowest BCUT2D eigenvalue weighted by Gasteiger charge is -2.14. The number of benzene rings is 3. The lowest BCUT2D eigenvalue weighted by atomic mass is 10.1. The van der Waals surface area contributed by atoms with Gasteiger partial charge in [-0.15, -0.1) is 0 Å². The van der Waals surface area contributed by atoms with Gasteiger partial charge in [0.1, 0.15) is 12.4 Å². The standard InChI is InChI=1S/C25H17ClN2O7S/c26-20-11-22-21(34-14-35-22)10-17(20)12-27-24(29)23(36-25(27)30)9-15-3-7-19(8-4-15)33-13-16-1-5-18(6-2-16)28(31)32/h1-11H,12-14H2/b23-9-. The van der Waals surface area contributed by atoms with E-state index >= 15 is 0 Å². The number of carbonyl (C=O) groups excluding carboxylic acids is 2. The van der Waals surface area contributed by atoms with Crippen LogP contribution in [0.4, 0.5) is 10.5 Å². The number of nitro groups is 1. The molecule has 3 aromatic rings. The van der Waals surface area contributed by atoms with Crippen LogP contribution in [0.3, 0.4) is 0 Å². The van der Waals surface area contributed by atoms with Gasteiger partial charge in [0.25, 0.3) is 16.8 Å². The minimum Gasteiger partial charge on any atom is -0.489 e. The average molecular weight is 525 g/mol. The normalized spacial score (nSPS) is 15.6. The number of hydrogen-bond acceptors (Lipinski definition) is 8. The second kappa shape index (κ2) is 9.92. The van der Waals surface area contributed by atoms with Gasteiger partial charge in [-0.05, 0) is 64.9 Å². The van der Waals surface area contributed by atoms with Gasteiger partial charge in [-0.2, -0.15) is 0 Å². The highest BCUT2D eigenvalue weighted by molar-refractivity contribution is 8.18.